The Labute approximate surface area is 125 Å². The van der Waals surface area contributed by atoms with Crippen LogP contribution in [0, 0.1) is 0 Å². The number of nitrogens with one attached hydrogen (secondary N) is 1. The lowest BCUT2D eigenvalue weighted by Gasteiger charge is -2.26. The van der Waals surface area contributed by atoms with Gasteiger partial charge in [0.2, 0.25) is 20.0 Å². The first kappa shape index (κ1) is 16.4. The van der Waals surface area contributed by atoms with Gasteiger partial charge in [-0.1, -0.05) is 12.1 Å². The Kier molecular flexibility index (Phi) is 4.99. The lowest BCUT2D eigenvalue weighted by atomic mass is 10.2. The lowest BCUT2D eigenvalue weighted by molar-refractivity contribution is 0.0730. The second-order valence-electron chi connectivity index (χ2n) is 4.75. The molecule has 1 aromatic rings. The van der Waals surface area contributed by atoms with E-state index in [0.29, 0.717) is 31.9 Å². The topological polar surface area (TPSA) is 92.8 Å². The van der Waals surface area contributed by atoms with E-state index in [-0.39, 0.29) is 11.4 Å². The molecule has 0 unspecified atom stereocenters. The van der Waals surface area contributed by atoms with Crippen molar-refractivity contribution < 1.29 is 21.6 Å². The molecule has 0 atom stereocenters. The fraction of sp³-hybridized carbons (Fsp3) is 0.500. The standard InChI is InChI=1S/C12H18N2O5S2/c1-20(15,16)13-10-11-2-4-12(5-3-11)21(17,18)14-6-8-19-9-7-14/h2-5,13H,6-10H2,1H3. The SMILES string of the molecule is CS(=O)(=O)NCc1ccc(S(=O)(=O)N2CCOCC2)cc1. The van der Waals surface area contributed by atoms with Crippen LogP contribution < -0.4 is 4.72 Å². The molecule has 7 nitrogen and oxygen atoms in total. The fourth-order valence-corrected chi connectivity index (χ4v) is 3.77. The highest BCUT2D eigenvalue weighted by molar-refractivity contribution is 7.89. The third-order valence-electron chi connectivity index (χ3n) is 3.07. The third-order valence-corrected chi connectivity index (χ3v) is 5.65. The van der Waals surface area contributed by atoms with Gasteiger partial charge in [-0.15, -0.1) is 0 Å². The first-order chi connectivity index (χ1) is 9.79. The van der Waals surface area contributed by atoms with Crippen molar-refractivity contribution in [1.29, 1.82) is 0 Å². The summed E-state index contributed by atoms with van der Waals surface area (Å²) in [5.41, 5.74) is 0.696. The van der Waals surface area contributed by atoms with Crippen molar-refractivity contribution in [3.8, 4) is 0 Å². The van der Waals surface area contributed by atoms with E-state index in [1.54, 1.807) is 12.1 Å². The summed E-state index contributed by atoms with van der Waals surface area (Å²) in [7, 11) is -6.78. The van der Waals surface area contributed by atoms with Crippen molar-refractivity contribution >= 4 is 20.0 Å². The molecule has 1 aliphatic heterocycles. The van der Waals surface area contributed by atoms with Crippen LogP contribution >= 0.6 is 0 Å². The van der Waals surface area contributed by atoms with Crippen LogP contribution in [0.1, 0.15) is 5.56 Å². The number of hydrogen-bond donors (Lipinski definition) is 1. The molecular weight excluding hydrogens is 316 g/mol. The smallest absolute Gasteiger partial charge is 0.243 e. The molecule has 1 aromatic carbocycles. The van der Waals surface area contributed by atoms with Crippen LogP contribution in [0.15, 0.2) is 29.2 Å². The average molecular weight is 334 g/mol. The predicted molar refractivity (Wildman–Crippen MR) is 77.7 cm³/mol. The Morgan fingerprint density at radius 1 is 1.10 bits per heavy atom. The number of benzene rings is 1. The van der Waals surface area contributed by atoms with Crippen LogP contribution in [-0.4, -0.2) is 53.7 Å². The summed E-state index contributed by atoms with van der Waals surface area (Å²) in [6, 6.07) is 6.19. The summed E-state index contributed by atoms with van der Waals surface area (Å²) in [6.07, 6.45) is 1.07. The zero-order valence-corrected chi connectivity index (χ0v) is 13.3. The molecule has 1 fully saturated rings. The number of morpholine rings is 1. The number of rotatable bonds is 5. The molecule has 1 aliphatic rings. The molecule has 0 radical (unpaired) electrons. The van der Waals surface area contributed by atoms with E-state index in [1.807, 2.05) is 0 Å². The van der Waals surface area contributed by atoms with E-state index in [9.17, 15) is 16.8 Å². The van der Waals surface area contributed by atoms with Gasteiger partial charge in [-0.3, -0.25) is 0 Å². The monoisotopic (exact) mass is 334 g/mol. The molecule has 0 bridgehead atoms. The highest BCUT2D eigenvalue weighted by atomic mass is 32.2. The summed E-state index contributed by atoms with van der Waals surface area (Å²) >= 11 is 0. The molecular formula is C12H18N2O5S2. The molecule has 0 aliphatic carbocycles. The van der Waals surface area contributed by atoms with Gasteiger partial charge in [0.1, 0.15) is 0 Å². The number of nitrogens with zero attached hydrogens (tertiary/aromatic N) is 1. The van der Waals surface area contributed by atoms with Crippen molar-refractivity contribution in [2.75, 3.05) is 32.6 Å². The largest absolute Gasteiger partial charge is 0.379 e. The summed E-state index contributed by atoms with van der Waals surface area (Å²) in [6.45, 7) is 1.63. The third kappa shape index (κ3) is 4.48. The summed E-state index contributed by atoms with van der Waals surface area (Å²) in [5, 5.41) is 0. The van der Waals surface area contributed by atoms with Gasteiger partial charge in [-0.2, -0.15) is 4.31 Å². The lowest BCUT2D eigenvalue weighted by Crippen LogP contribution is -2.40. The molecule has 0 spiro atoms. The van der Waals surface area contributed by atoms with E-state index in [2.05, 4.69) is 4.72 Å². The van der Waals surface area contributed by atoms with Gasteiger partial charge < -0.3 is 4.74 Å². The summed E-state index contributed by atoms with van der Waals surface area (Å²) in [4.78, 5) is 0.201. The van der Waals surface area contributed by atoms with E-state index < -0.39 is 20.0 Å². The van der Waals surface area contributed by atoms with Gasteiger partial charge in [-0.25, -0.2) is 21.6 Å². The second-order valence-corrected chi connectivity index (χ2v) is 8.52. The van der Waals surface area contributed by atoms with E-state index in [0.717, 1.165) is 6.26 Å². The van der Waals surface area contributed by atoms with Crippen molar-refractivity contribution in [2.24, 2.45) is 0 Å². The molecule has 1 N–H and O–H groups in total. The Balaban J connectivity index is 2.10. The fourth-order valence-electron chi connectivity index (χ4n) is 1.93. The minimum Gasteiger partial charge on any atom is -0.379 e. The van der Waals surface area contributed by atoms with Gasteiger partial charge in [-0.05, 0) is 17.7 Å². The maximum atomic E-state index is 12.4. The predicted octanol–water partition coefficient (Wildman–Crippen LogP) is -0.243. The Hall–Kier alpha value is -1.00. The van der Waals surface area contributed by atoms with Gasteiger partial charge >= 0.3 is 0 Å². The minimum absolute atomic E-state index is 0.136. The molecule has 21 heavy (non-hydrogen) atoms. The van der Waals surface area contributed by atoms with Crippen molar-refractivity contribution in [2.45, 2.75) is 11.4 Å². The number of hydrogen-bond acceptors (Lipinski definition) is 5. The van der Waals surface area contributed by atoms with E-state index >= 15 is 0 Å². The summed E-state index contributed by atoms with van der Waals surface area (Å²) < 4.78 is 55.7. The molecule has 1 heterocycles. The normalized spacial score (nSPS) is 17.8. The molecule has 0 amide bonds. The van der Waals surface area contributed by atoms with Crippen LogP contribution in [-0.2, 0) is 31.3 Å². The average Bonchev–Trinajstić information content (AvgIpc) is 2.46. The quantitative estimate of drug-likeness (QED) is 0.802. The van der Waals surface area contributed by atoms with Crippen molar-refractivity contribution in [3.05, 3.63) is 29.8 Å². The van der Waals surface area contributed by atoms with Crippen molar-refractivity contribution in [1.82, 2.24) is 9.03 Å². The zero-order chi connectivity index (χ0) is 15.5. The number of sulfonamides is 2. The maximum absolute atomic E-state index is 12.4. The molecule has 0 aromatic heterocycles. The Bertz CT molecular complexity index is 677. The van der Waals surface area contributed by atoms with Gasteiger partial charge in [0, 0.05) is 19.6 Å². The highest BCUT2D eigenvalue weighted by Gasteiger charge is 2.25. The van der Waals surface area contributed by atoms with E-state index in [4.69, 9.17) is 4.74 Å². The molecule has 0 saturated carbocycles. The summed E-state index contributed by atoms with van der Waals surface area (Å²) in [5.74, 6) is 0. The second kappa shape index (κ2) is 6.41. The minimum atomic E-state index is -3.51. The zero-order valence-electron chi connectivity index (χ0n) is 11.6. The van der Waals surface area contributed by atoms with E-state index in [1.165, 1.54) is 16.4 Å². The first-order valence-corrected chi connectivity index (χ1v) is 9.74. The van der Waals surface area contributed by atoms with Crippen LogP contribution in [0.25, 0.3) is 0 Å². The van der Waals surface area contributed by atoms with Crippen LogP contribution in [0.4, 0.5) is 0 Å². The van der Waals surface area contributed by atoms with Crippen LogP contribution in [0.5, 0.6) is 0 Å². The Morgan fingerprint density at radius 3 is 2.19 bits per heavy atom. The van der Waals surface area contributed by atoms with Gasteiger partial charge in [0.05, 0.1) is 24.4 Å². The van der Waals surface area contributed by atoms with Gasteiger partial charge in [0.25, 0.3) is 0 Å². The molecule has 1 saturated heterocycles. The Morgan fingerprint density at radius 2 is 1.67 bits per heavy atom. The molecule has 9 heteroatoms. The first-order valence-electron chi connectivity index (χ1n) is 6.40. The number of ether oxygens (including phenoxy) is 1. The molecule has 2 rings (SSSR count). The van der Waals surface area contributed by atoms with Crippen molar-refractivity contribution in [3.63, 3.8) is 0 Å². The van der Waals surface area contributed by atoms with Crippen LogP contribution in [0.3, 0.4) is 0 Å². The molecule has 118 valence electrons. The highest BCUT2D eigenvalue weighted by Crippen LogP contribution is 2.17. The van der Waals surface area contributed by atoms with Crippen LogP contribution in [0.2, 0.25) is 0 Å². The maximum Gasteiger partial charge on any atom is 0.243 e. The van der Waals surface area contributed by atoms with Gasteiger partial charge in [0.15, 0.2) is 0 Å².